The number of hydrogen-bond acceptors (Lipinski definition) is 2. The van der Waals surface area contributed by atoms with E-state index in [-0.39, 0.29) is 36.2 Å². The van der Waals surface area contributed by atoms with Gasteiger partial charge in [0.1, 0.15) is 11.3 Å². The van der Waals surface area contributed by atoms with Gasteiger partial charge in [-0.3, -0.25) is 0 Å². The molecule has 2 aromatic rings. The van der Waals surface area contributed by atoms with Gasteiger partial charge < -0.3 is 10.2 Å². The molecule has 0 aliphatic heterocycles. The molecule has 0 aliphatic carbocycles. The Morgan fingerprint density at radius 3 is 2.14 bits per heavy atom. The molecule has 2 N–H and O–H groups in total. The van der Waals surface area contributed by atoms with Gasteiger partial charge in [0.25, 0.3) is 0 Å². The van der Waals surface area contributed by atoms with E-state index in [1.165, 1.54) is 0 Å². The van der Waals surface area contributed by atoms with Crippen LogP contribution in [0.2, 0.25) is 0 Å². The van der Waals surface area contributed by atoms with Gasteiger partial charge in [-0.25, -0.2) is 4.79 Å². The Kier molecular flexibility index (Phi) is 5.53. The molecule has 0 saturated heterocycles. The number of hydrogen-bond donors (Lipinski definition) is 2. The molecule has 0 saturated carbocycles. The van der Waals surface area contributed by atoms with Crippen molar-refractivity contribution in [2.24, 2.45) is 0 Å². The number of benzene rings is 2. The number of rotatable bonds is 3. The molecule has 0 spiro atoms. The Balaban J connectivity index is 0.00000242. The van der Waals surface area contributed by atoms with Crippen LogP contribution in [0.15, 0.2) is 36.4 Å². The van der Waals surface area contributed by atoms with Crippen molar-refractivity contribution >= 4 is 5.97 Å². The van der Waals surface area contributed by atoms with Crippen LogP contribution in [0.4, 0.5) is 0 Å². The summed E-state index contributed by atoms with van der Waals surface area (Å²) >= 11 is 0. The number of phenols is 1. The summed E-state index contributed by atoms with van der Waals surface area (Å²) in [7, 11) is 0. The smallest absolute Gasteiger partial charge is 0.339 e. The first-order valence-electron chi connectivity index (χ1n) is 6.89. The molecule has 0 atom stereocenters. The molecule has 0 aliphatic rings. The first kappa shape index (κ1) is 18.4. The molecule has 0 radical (unpaired) electrons. The van der Waals surface area contributed by atoms with Gasteiger partial charge in [-0.2, -0.15) is 0 Å². The first-order chi connectivity index (χ1) is 9.76. The van der Waals surface area contributed by atoms with Crippen molar-refractivity contribution in [1.82, 2.24) is 0 Å². The predicted molar refractivity (Wildman–Crippen MR) is 83.1 cm³/mol. The normalized spacial score (nSPS) is 10.9. The molecule has 0 heterocycles. The molecule has 4 heteroatoms. The van der Waals surface area contributed by atoms with E-state index in [9.17, 15) is 15.0 Å². The average Bonchev–Trinajstić information content (AvgIpc) is 2.43. The third-order valence-corrected chi connectivity index (χ3v) is 4.13. The molecule has 2 rings (SSSR count). The van der Waals surface area contributed by atoms with Gasteiger partial charge in [0.15, 0.2) is 0 Å². The summed E-state index contributed by atoms with van der Waals surface area (Å²) in [5, 5.41) is 19.4. The second kappa shape index (κ2) is 6.62. The van der Waals surface area contributed by atoms with Gasteiger partial charge in [-0.05, 0) is 36.1 Å². The monoisotopic (exact) mass is 348 g/mol. The quantitative estimate of drug-likeness (QED) is 0.822. The fourth-order valence-corrected chi connectivity index (χ4v) is 2.82. The van der Waals surface area contributed by atoms with Crippen LogP contribution in [0.1, 0.15) is 46.5 Å². The maximum absolute atomic E-state index is 11.5. The summed E-state index contributed by atoms with van der Waals surface area (Å²) < 4.78 is 0. The zero-order valence-electron chi connectivity index (χ0n) is 13.5. The molecule has 0 aromatic heterocycles. The molecule has 0 bridgehead atoms. The van der Waals surface area contributed by atoms with Crippen molar-refractivity contribution < 1.29 is 34.5 Å². The van der Waals surface area contributed by atoms with Crippen molar-refractivity contribution in [3.05, 3.63) is 64.2 Å². The zero-order valence-corrected chi connectivity index (χ0v) is 16.4. The number of aromatic carboxylic acids is 1. The summed E-state index contributed by atoms with van der Waals surface area (Å²) in [6, 6.07) is 11.8. The van der Waals surface area contributed by atoms with E-state index < -0.39 is 5.97 Å². The molecule has 2 aromatic carbocycles. The number of aromatic hydroxyl groups is 1. The van der Waals surface area contributed by atoms with E-state index in [0.29, 0.717) is 11.1 Å². The number of carboxylic acids is 1. The van der Waals surface area contributed by atoms with Crippen LogP contribution in [0.3, 0.4) is 0 Å². The number of aryl methyl sites for hydroxylation is 1. The molecular formula is C18H20O3Zn. The van der Waals surface area contributed by atoms with Crippen LogP contribution >= 0.6 is 0 Å². The van der Waals surface area contributed by atoms with Crippen LogP contribution in [-0.2, 0) is 24.9 Å². The van der Waals surface area contributed by atoms with Crippen LogP contribution in [-0.4, -0.2) is 16.2 Å². The average molecular weight is 350 g/mol. The van der Waals surface area contributed by atoms with Crippen LogP contribution < -0.4 is 0 Å². The summed E-state index contributed by atoms with van der Waals surface area (Å²) in [6.45, 7) is 7.61. The third kappa shape index (κ3) is 3.07. The van der Waals surface area contributed by atoms with Crippen molar-refractivity contribution in [3.63, 3.8) is 0 Å². The van der Waals surface area contributed by atoms with Crippen molar-refractivity contribution in [1.29, 1.82) is 0 Å². The number of carbonyl (C=O) groups is 1. The van der Waals surface area contributed by atoms with Gasteiger partial charge in [0.2, 0.25) is 0 Å². The fraction of sp³-hybridized carbons (Fsp3) is 0.278. The Morgan fingerprint density at radius 2 is 1.64 bits per heavy atom. The Morgan fingerprint density at radius 1 is 1.09 bits per heavy atom. The topological polar surface area (TPSA) is 57.5 Å². The van der Waals surface area contributed by atoms with E-state index in [0.717, 1.165) is 11.1 Å². The molecule has 0 unspecified atom stereocenters. The van der Waals surface area contributed by atoms with Gasteiger partial charge in [0, 0.05) is 24.9 Å². The van der Waals surface area contributed by atoms with Crippen LogP contribution in [0.25, 0.3) is 0 Å². The minimum Gasteiger partial charge on any atom is -0.507 e. The van der Waals surface area contributed by atoms with E-state index in [1.807, 2.05) is 36.4 Å². The summed E-state index contributed by atoms with van der Waals surface area (Å²) in [5.74, 6) is -1.24. The van der Waals surface area contributed by atoms with Crippen molar-refractivity contribution in [2.75, 3.05) is 0 Å². The summed E-state index contributed by atoms with van der Waals surface area (Å²) in [5.41, 5.74) is 2.87. The Labute approximate surface area is 143 Å². The van der Waals surface area contributed by atoms with E-state index >= 15 is 0 Å². The van der Waals surface area contributed by atoms with Crippen molar-refractivity contribution in [3.8, 4) is 5.75 Å². The maximum atomic E-state index is 11.5. The van der Waals surface area contributed by atoms with Crippen molar-refractivity contribution in [2.45, 2.75) is 33.1 Å². The molecule has 0 fully saturated rings. The largest absolute Gasteiger partial charge is 0.507 e. The molecule has 112 valence electrons. The standard InChI is InChI=1S/C18H20O3.Zn/c1-11-10-14(12(2)15(16(11)19)17(20)21)18(3,4)13-8-6-5-7-9-13;/h5-10,19H,1-4H3,(H,20,21);. The molecule has 22 heavy (non-hydrogen) atoms. The second-order valence-electron chi connectivity index (χ2n) is 5.89. The SMILES string of the molecule is Cc1cc(C(C)(C)c2ccccc2)c(C)c(C(=O)O)c1O.[Zn]. The van der Waals surface area contributed by atoms with Gasteiger partial charge >= 0.3 is 5.97 Å². The van der Waals surface area contributed by atoms with Gasteiger partial charge in [-0.1, -0.05) is 50.2 Å². The fourth-order valence-electron chi connectivity index (χ4n) is 2.82. The zero-order chi connectivity index (χ0) is 15.8. The van der Waals surface area contributed by atoms with Gasteiger partial charge in [0.05, 0.1) is 0 Å². The second-order valence-corrected chi connectivity index (χ2v) is 5.89. The van der Waals surface area contributed by atoms with Crippen LogP contribution in [0.5, 0.6) is 5.75 Å². The Hall–Kier alpha value is -1.67. The van der Waals surface area contributed by atoms with E-state index in [2.05, 4.69) is 13.8 Å². The molecule has 0 amide bonds. The van der Waals surface area contributed by atoms with E-state index in [1.54, 1.807) is 13.8 Å². The van der Waals surface area contributed by atoms with E-state index in [4.69, 9.17) is 0 Å². The maximum Gasteiger partial charge on any atom is 0.339 e. The Bertz CT molecular complexity index is 691. The molecular weight excluding hydrogens is 330 g/mol. The minimum absolute atomic E-state index is 0. The third-order valence-electron chi connectivity index (χ3n) is 4.13. The van der Waals surface area contributed by atoms with Crippen LogP contribution in [0, 0.1) is 13.8 Å². The first-order valence-corrected chi connectivity index (χ1v) is 6.89. The minimum atomic E-state index is -1.10. The summed E-state index contributed by atoms with van der Waals surface area (Å²) in [4.78, 5) is 11.5. The number of carboxylic acid groups (broad SMARTS) is 1. The summed E-state index contributed by atoms with van der Waals surface area (Å²) in [6.07, 6.45) is 0. The predicted octanol–water partition coefficient (Wildman–Crippen LogP) is 4.03. The molecule has 3 nitrogen and oxygen atoms in total. The van der Waals surface area contributed by atoms with Gasteiger partial charge in [-0.15, -0.1) is 0 Å².